The van der Waals surface area contributed by atoms with Crippen molar-refractivity contribution in [2.75, 3.05) is 0 Å². The van der Waals surface area contributed by atoms with E-state index in [-0.39, 0.29) is 18.0 Å². The van der Waals surface area contributed by atoms with Crippen molar-refractivity contribution in [2.45, 2.75) is 46.2 Å². The Morgan fingerprint density at radius 3 is 2.56 bits per heavy atom. The van der Waals surface area contributed by atoms with Crippen LogP contribution in [-0.2, 0) is 4.79 Å². The first-order valence-corrected chi connectivity index (χ1v) is 5.58. The summed E-state index contributed by atoms with van der Waals surface area (Å²) < 4.78 is 5.46. The molecule has 4 heteroatoms. The van der Waals surface area contributed by atoms with Gasteiger partial charge in [0, 0.05) is 11.6 Å². The van der Waals surface area contributed by atoms with Gasteiger partial charge in [0.2, 0.25) is 5.91 Å². The van der Waals surface area contributed by atoms with E-state index in [1.807, 2.05) is 33.8 Å². The first-order valence-electron chi connectivity index (χ1n) is 5.58. The standard InChI is InChI=1S/C12H20N2O2/c1-5-11(12(13)15)14-8(3)10-6-7(2)16-9(10)4/h6,8,11,14H,5H2,1-4H3,(H2,13,15). The zero-order valence-corrected chi connectivity index (χ0v) is 10.3. The average Bonchev–Trinajstić information content (AvgIpc) is 2.53. The molecule has 4 nitrogen and oxygen atoms in total. The van der Waals surface area contributed by atoms with E-state index in [1.54, 1.807) is 0 Å². The van der Waals surface area contributed by atoms with Crippen molar-refractivity contribution in [1.29, 1.82) is 0 Å². The highest BCUT2D eigenvalue weighted by molar-refractivity contribution is 5.79. The van der Waals surface area contributed by atoms with Gasteiger partial charge in [-0.2, -0.15) is 0 Å². The maximum absolute atomic E-state index is 11.1. The van der Waals surface area contributed by atoms with Gasteiger partial charge in [0.15, 0.2) is 0 Å². The van der Waals surface area contributed by atoms with Crippen LogP contribution in [0.2, 0.25) is 0 Å². The minimum absolute atomic E-state index is 0.0647. The van der Waals surface area contributed by atoms with Gasteiger partial charge in [-0.05, 0) is 33.3 Å². The molecule has 1 aromatic rings. The van der Waals surface area contributed by atoms with Crippen LogP contribution in [-0.4, -0.2) is 11.9 Å². The van der Waals surface area contributed by atoms with Crippen LogP contribution in [0.1, 0.15) is 43.4 Å². The molecule has 2 atom stereocenters. The molecule has 0 aliphatic heterocycles. The number of primary amides is 1. The fourth-order valence-corrected chi connectivity index (χ4v) is 1.87. The average molecular weight is 224 g/mol. The molecule has 0 saturated heterocycles. The minimum atomic E-state index is -0.313. The zero-order valence-electron chi connectivity index (χ0n) is 10.3. The van der Waals surface area contributed by atoms with E-state index in [9.17, 15) is 4.79 Å². The van der Waals surface area contributed by atoms with Crippen molar-refractivity contribution >= 4 is 5.91 Å². The minimum Gasteiger partial charge on any atom is -0.466 e. The second-order valence-electron chi connectivity index (χ2n) is 4.12. The lowest BCUT2D eigenvalue weighted by Crippen LogP contribution is -2.41. The summed E-state index contributed by atoms with van der Waals surface area (Å²) in [6.45, 7) is 7.77. The van der Waals surface area contributed by atoms with E-state index in [0.29, 0.717) is 6.42 Å². The molecule has 1 aromatic heterocycles. The lowest BCUT2D eigenvalue weighted by atomic mass is 10.1. The van der Waals surface area contributed by atoms with Gasteiger partial charge in [-0.1, -0.05) is 6.92 Å². The van der Waals surface area contributed by atoms with E-state index in [2.05, 4.69) is 5.32 Å². The molecule has 3 N–H and O–H groups in total. The summed E-state index contributed by atoms with van der Waals surface area (Å²) in [6, 6.07) is 1.76. The van der Waals surface area contributed by atoms with Gasteiger partial charge in [-0.15, -0.1) is 0 Å². The molecular formula is C12H20N2O2. The maximum Gasteiger partial charge on any atom is 0.234 e. The Labute approximate surface area is 96.2 Å². The van der Waals surface area contributed by atoms with Gasteiger partial charge in [0.05, 0.1) is 6.04 Å². The summed E-state index contributed by atoms with van der Waals surface area (Å²) in [4.78, 5) is 11.1. The number of hydrogen-bond donors (Lipinski definition) is 2. The normalized spacial score (nSPS) is 14.8. The predicted molar refractivity (Wildman–Crippen MR) is 63.0 cm³/mol. The van der Waals surface area contributed by atoms with Crippen molar-refractivity contribution in [3.63, 3.8) is 0 Å². The Kier molecular flexibility index (Phi) is 4.12. The van der Waals surface area contributed by atoms with Crippen LogP contribution < -0.4 is 11.1 Å². The summed E-state index contributed by atoms with van der Waals surface area (Å²) in [7, 11) is 0. The Balaban J connectivity index is 2.75. The van der Waals surface area contributed by atoms with Crippen LogP contribution in [0.5, 0.6) is 0 Å². The molecule has 0 saturated carbocycles. The van der Waals surface area contributed by atoms with Gasteiger partial charge in [0.25, 0.3) is 0 Å². The number of carbonyl (C=O) groups is 1. The second kappa shape index (κ2) is 5.16. The van der Waals surface area contributed by atoms with Crippen LogP contribution in [0, 0.1) is 13.8 Å². The third-order valence-corrected chi connectivity index (χ3v) is 2.75. The third kappa shape index (κ3) is 2.85. The Bertz CT molecular complexity index is 371. The molecule has 0 bridgehead atoms. The number of amides is 1. The van der Waals surface area contributed by atoms with E-state index < -0.39 is 0 Å². The first kappa shape index (κ1) is 12.8. The van der Waals surface area contributed by atoms with Crippen LogP contribution in [0.4, 0.5) is 0 Å². The molecular weight excluding hydrogens is 204 g/mol. The van der Waals surface area contributed by atoms with Gasteiger partial charge in [0.1, 0.15) is 11.5 Å². The van der Waals surface area contributed by atoms with Crippen LogP contribution in [0.15, 0.2) is 10.5 Å². The van der Waals surface area contributed by atoms with E-state index >= 15 is 0 Å². The molecule has 1 heterocycles. The molecule has 0 aliphatic rings. The van der Waals surface area contributed by atoms with Gasteiger partial charge in [-0.25, -0.2) is 0 Å². The van der Waals surface area contributed by atoms with Crippen LogP contribution in [0.25, 0.3) is 0 Å². The number of aryl methyl sites for hydroxylation is 2. The Morgan fingerprint density at radius 1 is 1.56 bits per heavy atom. The Hall–Kier alpha value is -1.29. The molecule has 2 unspecified atom stereocenters. The van der Waals surface area contributed by atoms with E-state index in [4.69, 9.17) is 10.2 Å². The van der Waals surface area contributed by atoms with Crippen LogP contribution in [0.3, 0.4) is 0 Å². The number of carbonyl (C=O) groups excluding carboxylic acids is 1. The second-order valence-corrected chi connectivity index (χ2v) is 4.12. The third-order valence-electron chi connectivity index (χ3n) is 2.75. The maximum atomic E-state index is 11.1. The molecule has 0 aliphatic carbocycles. The number of nitrogens with one attached hydrogen (secondary N) is 1. The van der Waals surface area contributed by atoms with Crippen molar-refractivity contribution < 1.29 is 9.21 Å². The molecule has 1 amide bonds. The van der Waals surface area contributed by atoms with Crippen molar-refractivity contribution in [3.8, 4) is 0 Å². The quantitative estimate of drug-likeness (QED) is 0.801. The number of rotatable bonds is 5. The van der Waals surface area contributed by atoms with E-state index in [1.165, 1.54) is 0 Å². The first-order chi connectivity index (χ1) is 7.45. The molecule has 0 spiro atoms. The number of hydrogen-bond acceptors (Lipinski definition) is 3. The van der Waals surface area contributed by atoms with Crippen molar-refractivity contribution in [2.24, 2.45) is 5.73 Å². The smallest absolute Gasteiger partial charge is 0.234 e. The van der Waals surface area contributed by atoms with Crippen molar-refractivity contribution in [1.82, 2.24) is 5.32 Å². The number of nitrogens with two attached hydrogens (primary N) is 1. The van der Waals surface area contributed by atoms with Gasteiger partial charge in [-0.3, -0.25) is 10.1 Å². The Morgan fingerprint density at radius 2 is 2.19 bits per heavy atom. The highest BCUT2D eigenvalue weighted by Crippen LogP contribution is 2.21. The monoisotopic (exact) mass is 224 g/mol. The molecule has 0 radical (unpaired) electrons. The zero-order chi connectivity index (χ0) is 12.3. The SMILES string of the molecule is CCC(NC(C)c1cc(C)oc1C)C(N)=O. The predicted octanol–water partition coefficient (Wildman–Crippen LogP) is 1.81. The molecule has 0 aromatic carbocycles. The van der Waals surface area contributed by atoms with Gasteiger partial charge < -0.3 is 10.2 Å². The molecule has 1 rings (SSSR count). The van der Waals surface area contributed by atoms with Crippen LogP contribution >= 0.6 is 0 Å². The summed E-state index contributed by atoms with van der Waals surface area (Å²) in [5, 5.41) is 3.20. The van der Waals surface area contributed by atoms with E-state index in [0.717, 1.165) is 17.1 Å². The highest BCUT2D eigenvalue weighted by Gasteiger charge is 2.19. The lowest BCUT2D eigenvalue weighted by Gasteiger charge is -2.19. The largest absolute Gasteiger partial charge is 0.466 e. The fourth-order valence-electron chi connectivity index (χ4n) is 1.87. The molecule has 16 heavy (non-hydrogen) atoms. The summed E-state index contributed by atoms with van der Waals surface area (Å²) in [5.74, 6) is 1.46. The summed E-state index contributed by atoms with van der Waals surface area (Å²) in [5.41, 5.74) is 6.37. The highest BCUT2D eigenvalue weighted by atomic mass is 16.3. The molecule has 0 fully saturated rings. The summed E-state index contributed by atoms with van der Waals surface area (Å²) in [6.07, 6.45) is 0.690. The lowest BCUT2D eigenvalue weighted by molar-refractivity contribution is -0.120. The molecule has 90 valence electrons. The number of furan rings is 1. The fraction of sp³-hybridized carbons (Fsp3) is 0.583. The van der Waals surface area contributed by atoms with Crippen molar-refractivity contribution in [3.05, 3.63) is 23.2 Å². The van der Waals surface area contributed by atoms with Gasteiger partial charge >= 0.3 is 0 Å². The summed E-state index contributed by atoms with van der Waals surface area (Å²) >= 11 is 0. The topological polar surface area (TPSA) is 68.3 Å².